The van der Waals surface area contributed by atoms with Crippen molar-refractivity contribution >= 4 is 28.3 Å². The van der Waals surface area contributed by atoms with Crippen LogP contribution in [0.2, 0.25) is 0 Å². The summed E-state index contributed by atoms with van der Waals surface area (Å²) >= 11 is 2.84. The van der Waals surface area contributed by atoms with E-state index in [0.717, 1.165) is 0 Å². The predicted octanol–water partition coefficient (Wildman–Crippen LogP) is 2.20. The van der Waals surface area contributed by atoms with Crippen molar-refractivity contribution in [2.45, 2.75) is 12.5 Å². The molecule has 92 valence electrons. The SMILES string of the molecule is Cl.NCC[C@@H](N)c1cc(Br)c(F)c(F)c1O. The molecule has 1 aromatic carbocycles. The normalized spacial score (nSPS) is 12.1. The lowest BCUT2D eigenvalue weighted by molar-refractivity contribution is 0.394. The number of phenolic OH excluding ortho intramolecular Hbond substituents is 1. The van der Waals surface area contributed by atoms with Gasteiger partial charge in [-0.2, -0.15) is 4.39 Å². The first kappa shape index (κ1) is 15.6. The van der Waals surface area contributed by atoms with Gasteiger partial charge in [0.1, 0.15) is 0 Å². The molecule has 0 aliphatic carbocycles. The van der Waals surface area contributed by atoms with Crippen LogP contribution in [0.5, 0.6) is 5.75 Å². The maximum atomic E-state index is 13.1. The highest BCUT2D eigenvalue weighted by Gasteiger charge is 2.20. The molecule has 0 fully saturated rings. The van der Waals surface area contributed by atoms with Crippen LogP contribution in [0, 0.1) is 11.6 Å². The van der Waals surface area contributed by atoms with Crippen LogP contribution in [0.3, 0.4) is 0 Å². The average molecular weight is 318 g/mol. The van der Waals surface area contributed by atoms with Gasteiger partial charge in [-0.05, 0) is 35.0 Å². The van der Waals surface area contributed by atoms with Crippen LogP contribution in [-0.2, 0) is 0 Å². The van der Waals surface area contributed by atoms with Crippen LogP contribution >= 0.6 is 28.3 Å². The number of aromatic hydroxyl groups is 1. The number of halogens is 4. The molecule has 0 bridgehead atoms. The standard InChI is InChI=1S/C9H11BrF2N2O.ClH/c10-5-3-4(6(14)1-2-13)9(15)8(12)7(5)11;/h3,6,15H,1-2,13-14H2;1H/t6-;/m1./s1. The van der Waals surface area contributed by atoms with Gasteiger partial charge in [-0.25, -0.2) is 4.39 Å². The number of hydrogen-bond donors (Lipinski definition) is 3. The van der Waals surface area contributed by atoms with Crippen molar-refractivity contribution in [1.82, 2.24) is 0 Å². The quantitative estimate of drug-likeness (QED) is 0.748. The van der Waals surface area contributed by atoms with Gasteiger partial charge in [-0.15, -0.1) is 12.4 Å². The summed E-state index contributed by atoms with van der Waals surface area (Å²) in [4.78, 5) is 0. The van der Waals surface area contributed by atoms with Gasteiger partial charge in [0.25, 0.3) is 0 Å². The summed E-state index contributed by atoms with van der Waals surface area (Å²) in [6.07, 6.45) is 0.380. The summed E-state index contributed by atoms with van der Waals surface area (Å²) in [7, 11) is 0. The molecule has 0 aromatic heterocycles. The van der Waals surface area contributed by atoms with Crippen molar-refractivity contribution < 1.29 is 13.9 Å². The molecular formula is C9H12BrClF2N2O. The zero-order valence-corrected chi connectivity index (χ0v) is 10.6. The second-order valence-electron chi connectivity index (χ2n) is 3.11. The molecule has 0 aliphatic rings. The summed E-state index contributed by atoms with van der Waals surface area (Å²) in [6, 6.07) is 0.648. The largest absolute Gasteiger partial charge is 0.505 e. The average Bonchev–Trinajstić information content (AvgIpc) is 2.20. The lowest BCUT2D eigenvalue weighted by atomic mass is 10.0. The van der Waals surface area contributed by atoms with Crippen LogP contribution in [0.1, 0.15) is 18.0 Å². The molecule has 16 heavy (non-hydrogen) atoms. The first-order valence-corrected chi connectivity index (χ1v) is 5.10. The van der Waals surface area contributed by atoms with E-state index in [9.17, 15) is 13.9 Å². The minimum absolute atomic E-state index is 0. The molecule has 7 heteroatoms. The fourth-order valence-electron chi connectivity index (χ4n) is 1.22. The molecule has 0 saturated heterocycles. The molecule has 1 atom stereocenters. The van der Waals surface area contributed by atoms with E-state index in [0.29, 0.717) is 13.0 Å². The van der Waals surface area contributed by atoms with E-state index in [1.165, 1.54) is 6.07 Å². The molecule has 0 spiro atoms. The van der Waals surface area contributed by atoms with E-state index in [4.69, 9.17) is 11.5 Å². The van der Waals surface area contributed by atoms with Gasteiger partial charge < -0.3 is 16.6 Å². The molecule has 1 aromatic rings. The van der Waals surface area contributed by atoms with Crippen LogP contribution in [0.15, 0.2) is 10.5 Å². The predicted molar refractivity (Wildman–Crippen MR) is 63.6 cm³/mol. The van der Waals surface area contributed by atoms with Crippen molar-refractivity contribution in [1.29, 1.82) is 0 Å². The van der Waals surface area contributed by atoms with Gasteiger partial charge in [-0.3, -0.25) is 0 Å². The second kappa shape index (κ2) is 6.34. The topological polar surface area (TPSA) is 72.3 Å². The first-order chi connectivity index (χ1) is 6.99. The van der Waals surface area contributed by atoms with E-state index in [2.05, 4.69) is 15.9 Å². The van der Waals surface area contributed by atoms with Gasteiger partial charge in [0, 0.05) is 11.6 Å². The minimum atomic E-state index is -1.30. The molecule has 0 aliphatic heterocycles. The third-order valence-electron chi connectivity index (χ3n) is 2.04. The van der Waals surface area contributed by atoms with Gasteiger partial charge in [0.05, 0.1) is 4.47 Å². The van der Waals surface area contributed by atoms with Gasteiger partial charge >= 0.3 is 0 Å². The van der Waals surface area contributed by atoms with Gasteiger partial charge in [0.2, 0.25) is 5.82 Å². The van der Waals surface area contributed by atoms with E-state index >= 15 is 0 Å². The molecule has 0 heterocycles. The fraction of sp³-hybridized carbons (Fsp3) is 0.333. The summed E-state index contributed by atoms with van der Waals surface area (Å²) < 4.78 is 26.0. The zero-order valence-electron chi connectivity index (χ0n) is 8.21. The highest BCUT2D eigenvalue weighted by Crippen LogP contribution is 2.33. The Morgan fingerprint density at radius 2 is 1.94 bits per heavy atom. The van der Waals surface area contributed by atoms with E-state index < -0.39 is 23.4 Å². The minimum Gasteiger partial charge on any atom is -0.505 e. The number of nitrogens with two attached hydrogens (primary N) is 2. The first-order valence-electron chi connectivity index (χ1n) is 4.31. The summed E-state index contributed by atoms with van der Waals surface area (Å²) in [6.45, 7) is 0.303. The fourth-order valence-corrected chi connectivity index (χ4v) is 1.64. The van der Waals surface area contributed by atoms with E-state index in [1.54, 1.807) is 0 Å². The molecule has 0 unspecified atom stereocenters. The van der Waals surface area contributed by atoms with Gasteiger partial charge in [-0.1, -0.05) is 0 Å². The van der Waals surface area contributed by atoms with Crippen LogP contribution in [0.4, 0.5) is 8.78 Å². The van der Waals surface area contributed by atoms with Crippen molar-refractivity contribution in [2.24, 2.45) is 11.5 Å². The summed E-state index contributed by atoms with van der Waals surface area (Å²) in [5.74, 6) is -3.18. The maximum absolute atomic E-state index is 13.1. The third kappa shape index (κ3) is 3.04. The molecule has 1 rings (SSSR count). The Bertz CT molecular complexity index is 379. The zero-order chi connectivity index (χ0) is 11.6. The Labute approximate surface area is 106 Å². The summed E-state index contributed by atoms with van der Waals surface area (Å²) in [5, 5.41) is 9.34. The van der Waals surface area contributed by atoms with Crippen molar-refractivity contribution in [2.75, 3.05) is 6.54 Å². The van der Waals surface area contributed by atoms with Gasteiger partial charge in [0.15, 0.2) is 11.6 Å². The lowest BCUT2D eigenvalue weighted by Gasteiger charge is -2.14. The Morgan fingerprint density at radius 3 is 2.44 bits per heavy atom. The number of benzene rings is 1. The lowest BCUT2D eigenvalue weighted by Crippen LogP contribution is -2.16. The molecular weight excluding hydrogens is 305 g/mol. The Morgan fingerprint density at radius 1 is 1.38 bits per heavy atom. The monoisotopic (exact) mass is 316 g/mol. The molecule has 5 N–H and O–H groups in total. The summed E-state index contributed by atoms with van der Waals surface area (Å²) in [5.41, 5.74) is 11.1. The van der Waals surface area contributed by atoms with E-state index in [1.807, 2.05) is 0 Å². The maximum Gasteiger partial charge on any atom is 0.201 e. The van der Waals surface area contributed by atoms with Crippen molar-refractivity contribution in [3.8, 4) is 5.75 Å². The highest BCUT2D eigenvalue weighted by atomic mass is 79.9. The molecule has 0 radical (unpaired) electrons. The van der Waals surface area contributed by atoms with E-state index in [-0.39, 0.29) is 22.4 Å². The second-order valence-corrected chi connectivity index (χ2v) is 3.96. The Balaban J connectivity index is 0.00000225. The number of hydrogen-bond acceptors (Lipinski definition) is 3. The van der Waals surface area contributed by atoms with Crippen LogP contribution in [-0.4, -0.2) is 11.7 Å². The third-order valence-corrected chi connectivity index (χ3v) is 2.62. The van der Waals surface area contributed by atoms with Crippen molar-refractivity contribution in [3.63, 3.8) is 0 Å². The molecule has 0 amide bonds. The smallest absolute Gasteiger partial charge is 0.201 e. The Kier molecular flexibility index (Phi) is 6.17. The number of phenols is 1. The number of rotatable bonds is 3. The van der Waals surface area contributed by atoms with Crippen LogP contribution < -0.4 is 11.5 Å². The molecule has 0 saturated carbocycles. The molecule has 3 nitrogen and oxygen atoms in total. The Hall–Kier alpha value is -0.430. The van der Waals surface area contributed by atoms with Crippen molar-refractivity contribution in [3.05, 3.63) is 27.7 Å². The van der Waals surface area contributed by atoms with Crippen LogP contribution in [0.25, 0.3) is 0 Å². The highest BCUT2D eigenvalue weighted by molar-refractivity contribution is 9.10.